The first kappa shape index (κ1) is 24.0. The van der Waals surface area contributed by atoms with E-state index in [0.29, 0.717) is 43.8 Å². The van der Waals surface area contributed by atoms with Crippen LogP contribution in [0, 0.1) is 0 Å². The maximum Gasteiger partial charge on any atom is 0.240 e. The van der Waals surface area contributed by atoms with Gasteiger partial charge in [-0.25, -0.2) is 13.1 Å². The second-order valence-corrected chi connectivity index (χ2v) is 9.29. The minimum absolute atomic E-state index is 0.140. The van der Waals surface area contributed by atoms with Crippen molar-refractivity contribution < 1.29 is 22.6 Å². The van der Waals surface area contributed by atoms with Gasteiger partial charge >= 0.3 is 0 Å². The van der Waals surface area contributed by atoms with Crippen LogP contribution in [-0.4, -0.2) is 66.0 Å². The highest BCUT2D eigenvalue weighted by Crippen LogP contribution is 2.25. The zero-order chi connectivity index (χ0) is 22.1. The molecule has 0 amide bonds. The number of sulfonamides is 1. The van der Waals surface area contributed by atoms with Gasteiger partial charge in [-0.2, -0.15) is 0 Å². The largest absolute Gasteiger partial charge is 0.491 e. The molecule has 0 aromatic heterocycles. The minimum Gasteiger partial charge on any atom is -0.491 e. The molecule has 0 spiro atoms. The van der Waals surface area contributed by atoms with Gasteiger partial charge in [-0.3, -0.25) is 4.90 Å². The van der Waals surface area contributed by atoms with E-state index in [1.54, 1.807) is 24.3 Å². The molecule has 9 heteroatoms. The van der Waals surface area contributed by atoms with Gasteiger partial charge in [-0.15, -0.1) is 0 Å². The van der Waals surface area contributed by atoms with Gasteiger partial charge in [0.2, 0.25) is 10.0 Å². The number of morpholine rings is 1. The average molecular weight is 469 g/mol. The summed E-state index contributed by atoms with van der Waals surface area (Å²) < 4.78 is 44.8. The third-order valence-corrected chi connectivity index (χ3v) is 6.70. The van der Waals surface area contributed by atoms with E-state index in [0.717, 1.165) is 18.7 Å². The SMILES string of the molecule is CCOCCOc1ccc(S(=O)(=O)NCC(c2cccc(Cl)c2)N2CCOCC2)cc1. The van der Waals surface area contributed by atoms with Crippen molar-refractivity contribution in [2.45, 2.75) is 17.9 Å². The molecular weight excluding hydrogens is 440 g/mol. The zero-order valence-electron chi connectivity index (χ0n) is 17.6. The Hall–Kier alpha value is -1.68. The fourth-order valence-electron chi connectivity index (χ4n) is 3.41. The molecule has 1 saturated heterocycles. The quantitative estimate of drug-likeness (QED) is 0.510. The Morgan fingerprint density at radius 1 is 1.13 bits per heavy atom. The van der Waals surface area contributed by atoms with Gasteiger partial charge < -0.3 is 14.2 Å². The Balaban J connectivity index is 1.67. The first-order valence-corrected chi connectivity index (χ1v) is 12.2. The fraction of sp³-hybridized carbons (Fsp3) is 0.455. The lowest BCUT2D eigenvalue weighted by atomic mass is 10.1. The number of hydrogen-bond donors (Lipinski definition) is 1. The first-order chi connectivity index (χ1) is 15.0. The Morgan fingerprint density at radius 2 is 1.87 bits per heavy atom. The average Bonchev–Trinajstić information content (AvgIpc) is 2.78. The van der Waals surface area contributed by atoms with Crippen LogP contribution in [0.3, 0.4) is 0 Å². The van der Waals surface area contributed by atoms with Crippen LogP contribution in [-0.2, 0) is 19.5 Å². The van der Waals surface area contributed by atoms with Crippen molar-refractivity contribution in [1.29, 1.82) is 0 Å². The number of hydrogen-bond acceptors (Lipinski definition) is 6. The first-order valence-electron chi connectivity index (χ1n) is 10.4. The molecule has 3 rings (SSSR count). The normalized spacial score (nSPS) is 16.2. The summed E-state index contributed by atoms with van der Waals surface area (Å²) in [7, 11) is -3.68. The van der Waals surface area contributed by atoms with Gasteiger partial charge in [0.1, 0.15) is 12.4 Å². The molecule has 1 N–H and O–H groups in total. The summed E-state index contributed by atoms with van der Waals surface area (Å²) in [5.74, 6) is 0.601. The lowest BCUT2D eigenvalue weighted by Gasteiger charge is -2.35. The monoisotopic (exact) mass is 468 g/mol. The predicted molar refractivity (Wildman–Crippen MR) is 120 cm³/mol. The molecule has 2 aromatic rings. The molecule has 2 aromatic carbocycles. The molecule has 1 aliphatic rings. The van der Waals surface area contributed by atoms with E-state index in [1.165, 1.54) is 0 Å². The third kappa shape index (κ3) is 7.17. The molecule has 0 radical (unpaired) electrons. The molecule has 0 bridgehead atoms. The standard InChI is InChI=1S/C22H29ClN2O5S/c1-2-28-14-15-30-20-6-8-21(9-7-20)31(26,27)24-17-22(25-10-12-29-13-11-25)18-4-3-5-19(23)16-18/h3-9,16,22,24H,2,10-15,17H2,1H3. The number of rotatable bonds is 11. The maximum atomic E-state index is 12.9. The molecule has 1 atom stereocenters. The summed E-state index contributed by atoms with van der Waals surface area (Å²) >= 11 is 6.18. The van der Waals surface area contributed by atoms with Crippen molar-refractivity contribution in [2.24, 2.45) is 0 Å². The zero-order valence-corrected chi connectivity index (χ0v) is 19.2. The van der Waals surface area contributed by atoms with Gasteiger partial charge in [0.05, 0.1) is 24.7 Å². The van der Waals surface area contributed by atoms with Crippen molar-refractivity contribution in [3.05, 3.63) is 59.1 Å². The Kier molecular flexibility index (Phi) is 9.13. The molecule has 1 heterocycles. The summed E-state index contributed by atoms with van der Waals surface area (Å²) in [4.78, 5) is 2.41. The van der Waals surface area contributed by atoms with E-state index in [4.69, 9.17) is 25.8 Å². The highest BCUT2D eigenvalue weighted by Gasteiger charge is 2.25. The van der Waals surface area contributed by atoms with Crippen LogP contribution in [0.4, 0.5) is 0 Å². The molecular formula is C22H29ClN2O5S. The molecule has 31 heavy (non-hydrogen) atoms. The number of benzene rings is 2. The van der Waals surface area contributed by atoms with E-state index in [-0.39, 0.29) is 17.5 Å². The number of halogens is 1. The molecule has 170 valence electrons. The predicted octanol–water partition coefficient (Wildman–Crippen LogP) is 3.11. The Labute approximate surface area is 189 Å². The van der Waals surface area contributed by atoms with Crippen LogP contribution in [0.2, 0.25) is 5.02 Å². The van der Waals surface area contributed by atoms with Gasteiger partial charge in [0, 0.05) is 37.3 Å². The number of nitrogens with one attached hydrogen (secondary N) is 1. The van der Waals surface area contributed by atoms with Crippen LogP contribution in [0.5, 0.6) is 5.75 Å². The fourth-order valence-corrected chi connectivity index (χ4v) is 4.65. The lowest BCUT2D eigenvalue weighted by molar-refractivity contribution is 0.0172. The summed E-state index contributed by atoms with van der Waals surface area (Å²) in [6.45, 7) is 6.39. The van der Waals surface area contributed by atoms with Crippen molar-refractivity contribution >= 4 is 21.6 Å². The molecule has 1 unspecified atom stereocenters. The molecule has 1 aliphatic heterocycles. The topological polar surface area (TPSA) is 77.1 Å². The van der Waals surface area contributed by atoms with Crippen molar-refractivity contribution in [3.8, 4) is 5.75 Å². The van der Waals surface area contributed by atoms with E-state index in [2.05, 4.69) is 9.62 Å². The van der Waals surface area contributed by atoms with E-state index >= 15 is 0 Å². The Bertz CT molecular complexity index is 918. The molecule has 1 fully saturated rings. The van der Waals surface area contributed by atoms with Gasteiger partial charge in [-0.05, 0) is 48.9 Å². The van der Waals surface area contributed by atoms with E-state index in [9.17, 15) is 8.42 Å². The highest BCUT2D eigenvalue weighted by atomic mass is 35.5. The molecule has 0 saturated carbocycles. The minimum atomic E-state index is -3.68. The third-order valence-electron chi connectivity index (χ3n) is 5.02. The van der Waals surface area contributed by atoms with Crippen molar-refractivity contribution in [2.75, 3.05) is 52.7 Å². The Morgan fingerprint density at radius 3 is 2.55 bits per heavy atom. The summed E-state index contributed by atoms with van der Waals surface area (Å²) in [5.41, 5.74) is 0.968. The van der Waals surface area contributed by atoms with Gasteiger partial charge in [0.15, 0.2) is 0 Å². The molecule has 0 aliphatic carbocycles. The van der Waals surface area contributed by atoms with E-state index in [1.807, 2.05) is 31.2 Å². The van der Waals surface area contributed by atoms with Crippen molar-refractivity contribution in [1.82, 2.24) is 9.62 Å². The number of nitrogens with zero attached hydrogens (tertiary/aromatic N) is 1. The van der Waals surface area contributed by atoms with Crippen LogP contribution in [0.15, 0.2) is 53.4 Å². The summed E-state index contributed by atoms with van der Waals surface area (Å²) in [6.07, 6.45) is 0. The maximum absolute atomic E-state index is 12.9. The van der Waals surface area contributed by atoms with Gasteiger partial charge in [-0.1, -0.05) is 23.7 Å². The van der Waals surface area contributed by atoms with Crippen LogP contribution in [0.1, 0.15) is 18.5 Å². The smallest absolute Gasteiger partial charge is 0.240 e. The summed E-state index contributed by atoms with van der Waals surface area (Å²) in [6, 6.07) is 13.8. The second kappa shape index (κ2) is 11.8. The second-order valence-electron chi connectivity index (χ2n) is 7.09. The van der Waals surface area contributed by atoms with E-state index < -0.39 is 10.0 Å². The molecule has 7 nitrogen and oxygen atoms in total. The van der Waals surface area contributed by atoms with Crippen LogP contribution in [0.25, 0.3) is 0 Å². The van der Waals surface area contributed by atoms with Crippen LogP contribution < -0.4 is 9.46 Å². The van der Waals surface area contributed by atoms with Gasteiger partial charge in [0.25, 0.3) is 0 Å². The van der Waals surface area contributed by atoms with Crippen LogP contribution >= 0.6 is 11.6 Å². The lowest BCUT2D eigenvalue weighted by Crippen LogP contribution is -2.43. The number of ether oxygens (including phenoxy) is 3. The summed E-state index contributed by atoms with van der Waals surface area (Å²) in [5, 5.41) is 0.624. The highest BCUT2D eigenvalue weighted by molar-refractivity contribution is 7.89. The van der Waals surface area contributed by atoms with Crippen molar-refractivity contribution in [3.63, 3.8) is 0 Å².